The van der Waals surface area contributed by atoms with E-state index in [1.165, 1.54) is 7.05 Å². The molecule has 1 aromatic rings. The lowest BCUT2D eigenvalue weighted by molar-refractivity contribution is 0.0655. The SMILES string of the molecule is CNC(=O)c1cc(=O)cc(C(=O)O)o1. The van der Waals surface area contributed by atoms with Crippen LogP contribution in [-0.2, 0) is 0 Å². The molecule has 1 rings (SSSR count). The van der Waals surface area contributed by atoms with Crippen LogP contribution in [-0.4, -0.2) is 24.0 Å². The molecule has 0 aromatic carbocycles. The van der Waals surface area contributed by atoms with E-state index in [0.29, 0.717) is 0 Å². The van der Waals surface area contributed by atoms with E-state index in [1.54, 1.807) is 0 Å². The molecule has 14 heavy (non-hydrogen) atoms. The lowest BCUT2D eigenvalue weighted by Crippen LogP contribution is -2.20. The maximum absolute atomic E-state index is 11.0. The Morgan fingerprint density at radius 2 is 1.93 bits per heavy atom. The second-order valence-electron chi connectivity index (χ2n) is 2.41. The maximum Gasteiger partial charge on any atom is 0.371 e. The summed E-state index contributed by atoms with van der Waals surface area (Å²) in [4.78, 5) is 32.4. The molecule has 0 aliphatic carbocycles. The van der Waals surface area contributed by atoms with Crippen molar-refractivity contribution >= 4 is 11.9 Å². The number of carboxylic acid groups (broad SMARTS) is 1. The molecule has 0 bridgehead atoms. The van der Waals surface area contributed by atoms with Crippen molar-refractivity contribution < 1.29 is 19.1 Å². The van der Waals surface area contributed by atoms with Gasteiger partial charge >= 0.3 is 5.97 Å². The van der Waals surface area contributed by atoms with E-state index in [-0.39, 0.29) is 5.76 Å². The normalized spacial score (nSPS) is 9.50. The third-order valence-electron chi connectivity index (χ3n) is 1.43. The molecule has 6 nitrogen and oxygen atoms in total. The Morgan fingerprint density at radius 3 is 2.43 bits per heavy atom. The zero-order chi connectivity index (χ0) is 10.7. The molecule has 0 aliphatic rings. The maximum atomic E-state index is 11.0. The molecule has 0 atom stereocenters. The summed E-state index contributed by atoms with van der Waals surface area (Å²) in [6.07, 6.45) is 0. The number of amides is 1. The van der Waals surface area contributed by atoms with Crippen molar-refractivity contribution in [2.45, 2.75) is 0 Å². The minimum absolute atomic E-state index is 0.322. The van der Waals surface area contributed by atoms with Crippen LogP contribution in [0.4, 0.5) is 0 Å². The second kappa shape index (κ2) is 3.73. The largest absolute Gasteiger partial charge is 0.475 e. The third kappa shape index (κ3) is 1.98. The number of aromatic carboxylic acids is 1. The van der Waals surface area contributed by atoms with Crippen molar-refractivity contribution in [3.63, 3.8) is 0 Å². The molecule has 1 amide bonds. The highest BCUT2D eigenvalue weighted by molar-refractivity contribution is 5.92. The van der Waals surface area contributed by atoms with Crippen molar-refractivity contribution in [1.82, 2.24) is 5.32 Å². The zero-order valence-electron chi connectivity index (χ0n) is 7.23. The molecule has 1 aromatic heterocycles. The van der Waals surface area contributed by atoms with Gasteiger partial charge in [0.05, 0.1) is 0 Å². The summed E-state index contributed by atoms with van der Waals surface area (Å²) in [7, 11) is 1.34. The lowest BCUT2D eigenvalue weighted by atomic mass is 10.3. The van der Waals surface area contributed by atoms with Crippen LogP contribution in [0.5, 0.6) is 0 Å². The molecule has 2 N–H and O–H groups in total. The molecule has 1 heterocycles. The van der Waals surface area contributed by atoms with Gasteiger partial charge in [0.1, 0.15) is 0 Å². The van der Waals surface area contributed by atoms with Crippen molar-refractivity contribution in [2.75, 3.05) is 7.05 Å². The summed E-state index contributed by atoms with van der Waals surface area (Å²) < 4.78 is 4.66. The van der Waals surface area contributed by atoms with Gasteiger partial charge in [-0.3, -0.25) is 9.59 Å². The first kappa shape index (κ1) is 9.97. The number of carbonyl (C=O) groups is 2. The Kier molecular flexibility index (Phi) is 2.66. The van der Waals surface area contributed by atoms with E-state index in [4.69, 9.17) is 5.11 Å². The molecule has 6 heteroatoms. The Morgan fingerprint density at radius 1 is 1.36 bits per heavy atom. The van der Waals surface area contributed by atoms with Gasteiger partial charge in [-0.05, 0) is 0 Å². The van der Waals surface area contributed by atoms with Gasteiger partial charge in [0.25, 0.3) is 5.91 Å². The van der Waals surface area contributed by atoms with Crippen LogP contribution in [0.1, 0.15) is 21.1 Å². The average molecular weight is 197 g/mol. The number of carboxylic acids is 1. The standard InChI is InChI=1S/C8H7NO5/c1-9-7(11)5-2-4(10)3-6(14-5)8(12)13/h2-3H,1H3,(H,9,11)(H,12,13). The molecule has 0 saturated carbocycles. The van der Waals surface area contributed by atoms with Gasteiger partial charge in [0.2, 0.25) is 5.76 Å². The lowest BCUT2D eigenvalue weighted by Gasteiger charge is -1.99. The monoisotopic (exact) mass is 197 g/mol. The highest BCUT2D eigenvalue weighted by atomic mass is 16.4. The molecule has 74 valence electrons. The highest BCUT2D eigenvalue weighted by Crippen LogP contribution is 2.01. The number of carbonyl (C=O) groups excluding carboxylic acids is 1. The van der Waals surface area contributed by atoms with Crippen LogP contribution in [0.25, 0.3) is 0 Å². The van der Waals surface area contributed by atoms with Crippen molar-refractivity contribution in [3.8, 4) is 0 Å². The Hall–Kier alpha value is -2.11. The summed E-state index contributed by atoms with van der Waals surface area (Å²) in [6, 6.07) is 1.72. The van der Waals surface area contributed by atoms with Gasteiger partial charge < -0.3 is 14.8 Å². The van der Waals surface area contributed by atoms with Crippen LogP contribution in [0.2, 0.25) is 0 Å². The van der Waals surface area contributed by atoms with Crippen LogP contribution < -0.4 is 10.7 Å². The predicted molar refractivity (Wildman–Crippen MR) is 45.3 cm³/mol. The topological polar surface area (TPSA) is 96.6 Å². The van der Waals surface area contributed by atoms with E-state index in [0.717, 1.165) is 12.1 Å². The van der Waals surface area contributed by atoms with Crippen LogP contribution in [0, 0.1) is 0 Å². The molecule has 0 spiro atoms. The Bertz CT molecular complexity index is 434. The predicted octanol–water partition coefficient (Wildman–Crippen LogP) is -0.302. The van der Waals surface area contributed by atoms with E-state index >= 15 is 0 Å². The number of nitrogens with one attached hydrogen (secondary N) is 1. The smallest absolute Gasteiger partial charge is 0.371 e. The summed E-state index contributed by atoms with van der Waals surface area (Å²) in [5.41, 5.74) is -0.591. The van der Waals surface area contributed by atoms with Gasteiger partial charge in [-0.2, -0.15) is 0 Å². The van der Waals surface area contributed by atoms with Crippen LogP contribution in [0.3, 0.4) is 0 Å². The Labute approximate surface area is 78.2 Å². The van der Waals surface area contributed by atoms with E-state index in [2.05, 4.69) is 9.73 Å². The van der Waals surface area contributed by atoms with Crippen molar-refractivity contribution in [1.29, 1.82) is 0 Å². The fraction of sp³-hybridized carbons (Fsp3) is 0.125. The summed E-state index contributed by atoms with van der Waals surface area (Å²) >= 11 is 0. The molecular weight excluding hydrogens is 190 g/mol. The van der Waals surface area contributed by atoms with Crippen molar-refractivity contribution in [3.05, 3.63) is 33.9 Å². The third-order valence-corrected chi connectivity index (χ3v) is 1.43. The van der Waals surface area contributed by atoms with Gasteiger partial charge in [0, 0.05) is 19.2 Å². The molecule has 0 aliphatic heterocycles. The minimum atomic E-state index is -1.40. The molecule has 0 radical (unpaired) electrons. The average Bonchev–Trinajstić information content (AvgIpc) is 2.15. The number of hydrogen-bond acceptors (Lipinski definition) is 4. The van der Waals surface area contributed by atoms with E-state index < -0.39 is 23.1 Å². The van der Waals surface area contributed by atoms with Crippen LogP contribution in [0.15, 0.2) is 21.3 Å². The first-order valence-electron chi connectivity index (χ1n) is 3.65. The number of hydrogen-bond donors (Lipinski definition) is 2. The quantitative estimate of drug-likeness (QED) is 0.678. The minimum Gasteiger partial charge on any atom is -0.475 e. The van der Waals surface area contributed by atoms with E-state index in [9.17, 15) is 14.4 Å². The van der Waals surface area contributed by atoms with Crippen LogP contribution >= 0.6 is 0 Å². The Balaban J connectivity index is 3.27. The van der Waals surface area contributed by atoms with Gasteiger partial charge in [-0.25, -0.2) is 4.79 Å². The number of rotatable bonds is 2. The first-order chi connectivity index (χ1) is 6.54. The summed E-state index contributed by atoms with van der Waals surface area (Å²) in [5, 5.41) is 10.7. The summed E-state index contributed by atoms with van der Waals surface area (Å²) in [5.74, 6) is -2.92. The molecule has 0 fully saturated rings. The fourth-order valence-corrected chi connectivity index (χ4v) is 0.818. The molecular formula is C8H7NO5. The van der Waals surface area contributed by atoms with Gasteiger partial charge in [0.15, 0.2) is 11.2 Å². The molecule has 0 unspecified atom stereocenters. The van der Waals surface area contributed by atoms with Crippen molar-refractivity contribution in [2.24, 2.45) is 0 Å². The van der Waals surface area contributed by atoms with Gasteiger partial charge in [-0.15, -0.1) is 0 Å². The summed E-state index contributed by atoms with van der Waals surface area (Å²) in [6.45, 7) is 0. The van der Waals surface area contributed by atoms with Gasteiger partial charge in [-0.1, -0.05) is 0 Å². The van der Waals surface area contributed by atoms with E-state index in [1.807, 2.05) is 0 Å². The zero-order valence-corrected chi connectivity index (χ0v) is 7.23. The highest BCUT2D eigenvalue weighted by Gasteiger charge is 2.13. The molecule has 0 saturated heterocycles. The first-order valence-corrected chi connectivity index (χ1v) is 3.65. The fourth-order valence-electron chi connectivity index (χ4n) is 0.818. The second-order valence-corrected chi connectivity index (χ2v) is 2.41.